The number of carbonyl (C=O) groups excluding carboxylic acids is 2. The lowest BCUT2D eigenvalue weighted by Gasteiger charge is -2.28. The standard InChI is InChI=1S/C22H23N3O3S/c1-16(21(26)24-12-6-3-7-13-24)28-22(27)18-15-25(17-9-4-2-5-10-17)23-20(18)19-11-8-14-29-19/h2,4-5,8-11,14-16H,3,6-7,12-13H2,1H3/t16-/m0/s1. The van der Waals surface area contributed by atoms with Crippen molar-refractivity contribution in [1.82, 2.24) is 14.7 Å². The zero-order chi connectivity index (χ0) is 20.2. The third kappa shape index (κ3) is 4.24. The zero-order valence-corrected chi connectivity index (χ0v) is 17.1. The molecule has 1 saturated heterocycles. The van der Waals surface area contributed by atoms with E-state index >= 15 is 0 Å². The summed E-state index contributed by atoms with van der Waals surface area (Å²) in [7, 11) is 0. The molecule has 6 nitrogen and oxygen atoms in total. The van der Waals surface area contributed by atoms with Crippen molar-refractivity contribution in [2.75, 3.05) is 13.1 Å². The molecule has 0 bridgehead atoms. The number of hydrogen-bond acceptors (Lipinski definition) is 5. The molecular formula is C22H23N3O3S. The van der Waals surface area contributed by atoms with Crippen LogP contribution in [0.25, 0.3) is 16.3 Å². The molecule has 2 aromatic heterocycles. The summed E-state index contributed by atoms with van der Waals surface area (Å²) in [6.45, 7) is 3.10. The summed E-state index contributed by atoms with van der Waals surface area (Å²) in [6, 6.07) is 13.4. The number of nitrogens with zero attached hydrogens (tertiary/aromatic N) is 3. The van der Waals surface area contributed by atoms with E-state index in [-0.39, 0.29) is 5.91 Å². The lowest BCUT2D eigenvalue weighted by Crippen LogP contribution is -2.42. The molecule has 3 heterocycles. The Balaban J connectivity index is 1.58. The number of amides is 1. The first-order valence-electron chi connectivity index (χ1n) is 9.82. The van der Waals surface area contributed by atoms with Gasteiger partial charge in [-0.05, 0) is 49.8 Å². The second-order valence-corrected chi connectivity index (χ2v) is 8.03. The van der Waals surface area contributed by atoms with E-state index < -0.39 is 12.1 Å². The molecule has 150 valence electrons. The van der Waals surface area contributed by atoms with Crippen molar-refractivity contribution in [2.45, 2.75) is 32.3 Å². The summed E-state index contributed by atoms with van der Waals surface area (Å²) < 4.78 is 7.23. The molecule has 1 amide bonds. The van der Waals surface area contributed by atoms with Crippen LogP contribution in [-0.2, 0) is 9.53 Å². The van der Waals surface area contributed by atoms with Crippen molar-refractivity contribution in [3.63, 3.8) is 0 Å². The molecule has 0 aliphatic carbocycles. The summed E-state index contributed by atoms with van der Waals surface area (Å²) in [5, 5.41) is 6.56. The number of rotatable bonds is 5. The van der Waals surface area contributed by atoms with Crippen molar-refractivity contribution in [3.8, 4) is 16.3 Å². The van der Waals surface area contributed by atoms with Crippen LogP contribution in [-0.4, -0.2) is 45.8 Å². The van der Waals surface area contributed by atoms with E-state index in [0.717, 1.165) is 42.9 Å². The second kappa shape index (κ2) is 8.61. The fourth-order valence-corrected chi connectivity index (χ4v) is 4.20. The van der Waals surface area contributed by atoms with Gasteiger partial charge in [-0.15, -0.1) is 11.3 Å². The van der Waals surface area contributed by atoms with Gasteiger partial charge in [0.15, 0.2) is 6.10 Å². The third-order valence-electron chi connectivity index (χ3n) is 5.01. The number of para-hydroxylation sites is 1. The number of esters is 1. The summed E-state index contributed by atoms with van der Waals surface area (Å²) in [5.74, 6) is -0.667. The highest BCUT2D eigenvalue weighted by molar-refractivity contribution is 7.13. The van der Waals surface area contributed by atoms with E-state index in [0.29, 0.717) is 11.3 Å². The first kappa shape index (κ1) is 19.4. The molecule has 29 heavy (non-hydrogen) atoms. The molecule has 0 radical (unpaired) electrons. The van der Waals surface area contributed by atoms with Crippen LogP contribution in [0.1, 0.15) is 36.5 Å². The molecule has 1 aliphatic rings. The highest BCUT2D eigenvalue weighted by atomic mass is 32.1. The van der Waals surface area contributed by atoms with Crippen molar-refractivity contribution >= 4 is 23.2 Å². The van der Waals surface area contributed by atoms with Crippen LogP contribution < -0.4 is 0 Å². The quantitative estimate of drug-likeness (QED) is 0.594. The van der Waals surface area contributed by atoms with Crippen LogP contribution in [0.3, 0.4) is 0 Å². The average Bonchev–Trinajstić information content (AvgIpc) is 3.44. The van der Waals surface area contributed by atoms with E-state index in [9.17, 15) is 9.59 Å². The Morgan fingerprint density at radius 2 is 1.83 bits per heavy atom. The number of benzene rings is 1. The zero-order valence-electron chi connectivity index (χ0n) is 16.3. The topological polar surface area (TPSA) is 64.4 Å². The Kier molecular flexibility index (Phi) is 5.76. The van der Waals surface area contributed by atoms with Gasteiger partial charge < -0.3 is 9.64 Å². The smallest absolute Gasteiger partial charge is 0.342 e. The number of aromatic nitrogens is 2. The maximum absolute atomic E-state index is 13.0. The molecule has 0 unspecified atom stereocenters. The number of likely N-dealkylation sites (tertiary alicyclic amines) is 1. The summed E-state index contributed by atoms with van der Waals surface area (Å²) in [5.41, 5.74) is 1.77. The minimum atomic E-state index is -0.822. The van der Waals surface area contributed by atoms with Gasteiger partial charge in [0.05, 0.1) is 10.6 Å². The van der Waals surface area contributed by atoms with Gasteiger partial charge in [0, 0.05) is 19.3 Å². The van der Waals surface area contributed by atoms with Crippen molar-refractivity contribution in [2.24, 2.45) is 0 Å². The van der Waals surface area contributed by atoms with Crippen LogP contribution in [0, 0.1) is 0 Å². The van der Waals surface area contributed by atoms with Gasteiger partial charge in [-0.3, -0.25) is 4.79 Å². The number of carbonyl (C=O) groups is 2. The van der Waals surface area contributed by atoms with E-state index in [2.05, 4.69) is 5.10 Å². The highest BCUT2D eigenvalue weighted by Gasteiger charge is 2.28. The van der Waals surface area contributed by atoms with Crippen LogP contribution in [0.5, 0.6) is 0 Å². The van der Waals surface area contributed by atoms with Gasteiger partial charge >= 0.3 is 5.97 Å². The van der Waals surface area contributed by atoms with Gasteiger partial charge in [-0.2, -0.15) is 5.10 Å². The summed E-state index contributed by atoms with van der Waals surface area (Å²) in [4.78, 5) is 28.3. The number of hydrogen-bond donors (Lipinski definition) is 0. The molecule has 1 aliphatic heterocycles. The van der Waals surface area contributed by atoms with Crippen LogP contribution in [0.2, 0.25) is 0 Å². The monoisotopic (exact) mass is 409 g/mol. The fraction of sp³-hybridized carbons (Fsp3) is 0.318. The van der Waals surface area contributed by atoms with E-state index in [1.807, 2.05) is 47.8 Å². The van der Waals surface area contributed by atoms with E-state index in [1.54, 1.807) is 22.7 Å². The van der Waals surface area contributed by atoms with Gasteiger partial charge in [0.1, 0.15) is 11.3 Å². The largest absolute Gasteiger partial charge is 0.449 e. The molecule has 1 atom stereocenters. The Morgan fingerprint density at radius 1 is 1.07 bits per heavy atom. The first-order valence-corrected chi connectivity index (χ1v) is 10.7. The van der Waals surface area contributed by atoms with Gasteiger partial charge in [0.2, 0.25) is 0 Å². The molecule has 0 saturated carbocycles. The minimum absolute atomic E-state index is 0.133. The van der Waals surface area contributed by atoms with Gasteiger partial charge in [-0.1, -0.05) is 24.3 Å². The normalized spacial score (nSPS) is 15.1. The number of thiophene rings is 1. The van der Waals surface area contributed by atoms with Gasteiger partial charge in [0.25, 0.3) is 5.91 Å². The lowest BCUT2D eigenvalue weighted by molar-refractivity contribution is -0.140. The summed E-state index contributed by atoms with van der Waals surface area (Å²) >= 11 is 1.51. The maximum atomic E-state index is 13.0. The van der Waals surface area contributed by atoms with Crippen LogP contribution in [0.4, 0.5) is 0 Å². The van der Waals surface area contributed by atoms with Crippen LogP contribution in [0.15, 0.2) is 54.0 Å². The predicted octanol–water partition coefficient (Wildman–Crippen LogP) is 4.16. The van der Waals surface area contributed by atoms with E-state index in [1.165, 1.54) is 11.3 Å². The maximum Gasteiger partial charge on any atom is 0.342 e. The molecule has 4 rings (SSSR count). The molecule has 1 fully saturated rings. The lowest BCUT2D eigenvalue weighted by atomic mass is 10.1. The molecule has 1 aromatic carbocycles. The highest BCUT2D eigenvalue weighted by Crippen LogP contribution is 2.28. The third-order valence-corrected chi connectivity index (χ3v) is 5.89. The Bertz CT molecular complexity index is 976. The van der Waals surface area contributed by atoms with Crippen molar-refractivity contribution in [1.29, 1.82) is 0 Å². The summed E-state index contributed by atoms with van der Waals surface area (Å²) in [6.07, 6.45) is 3.99. The Labute approximate surface area is 173 Å². The number of piperidine rings is 1. The Morgan fingerprint density at radius 3 is 2.52 bits per heavy atom. The average molecular weight is 410 g/mol. The molecule has 0 N–H and O–H groups in total. The molecule has 7 heteroatoms. The molecule has 3 aromatic rings. The van der Waals surface area contributed by atoms with Crippen LogP contribution >= 0.6 is 11.3 Å². The van der Waals surface area contributed by atoms with Crippen molar-refractivity contribution in [3.05, 3.63) is 59.6 Å². The molecule has 0 spiro atoms. The first-order chi connectivity index (χ1) is 14.1. The predicted molar refractivity (Wildman–Crippen MR) is 112 cm³/mol. The number of ether oxygens (including phenoxy) is 1. The SMILES string of the molecule is C[C@H](OC(=O)c1cn(-c2ccccc2)nc1-c1cccs1)C(=O)N1CCCCC1. The Hall–Kier alpha value is -2.93. The van der Waals surface area contributed by atoms with Crippen molar-refractivity contribution < 1.29 is 14.3 Å². The second-order valence-electron chi connectivity index (χ2n) is 7.08. The van der Waals surface area contributed by atoms with Gasteiger partial charge in [-0.25, -0.2) is 9.48 Å². The van der Waals surface area contributed by atoms with E-state index in [4.69, 9.17) is 4.74 Å². The molecular weight excluding hydrogens is 386 g/mol. The minimum Gasteiger partial charge on any atom is -0.449 e. The fourth-order valence-electron chi connectivity index (χ4n) is 3.48.